The van der Waals surface area contributed by atoms with E-state index in [9.17, 15) is 19.2 Å². The van der Waals surface area contributed by atoms with Gasteiger partial charge in [0.15, 0.2) is 0 Å². The normalized spacial score (nSPS) is 23.9. The first-order valence-corrected chi connectivity index (χ1v) is 14.9. The van der Waals surface area contributed by atoms with E-state index in [4.69, 9.17) is 4.74 Å². The van der Waals surface area contributed by atoms with Crippen LogP contribution in [0.3, 0.4) is 0 Å². The first-order valence-electron chi connectivity index (χ1n) is 13.0. The van der Waals surface area contributed by atoms with Crippen molar-refractivity contribution in [2.45, 2.75) is 64.8 Å². The van der Waals surface area contributed by atoms with E-state index in [1.807, 2.05) is 36.6 Å². The van der Waals surface area contributed by atoms with Crippen LogP contribution < -0.4 is 16.0 Å². The number of cyclic esters (lactones) is 1. The van der Waals surface area contributed by atoms with Crippen molar-refractivity contribution in [3.63, 3.8) is 0 Å². The molecule has 3 heterocycles. The van der Waals surface area contributed by atoms with E-state index in [1.54, 1.807) is 26.8 Å². The van der Waals surface area contributed by atoms with E-state index in [0.29, 0.717) is 27.2 Å². The Hall–Kier alpha value is -3.51. The molecule has 212 valence electrons. The Morgan fingerprint density at radius 1 is 1.27 bits per heavy atom. The van der Waals surface area contributed by atoms with Crippen LogP contribution in [-0.4, -0.2) is 57.2 Å². The van der Waals surface area contributed by atoms with Crippen LogP contribution >= 0.6 is 23.1 Å². The summed E-state index contributed by atoms with van der Waals surface area (Å²) in [5.41, 5.74) is 1.24. The molecule has 10 nitrogen and oxygen atoms in total. The zero-order valence-corrected chi connectivity index (χ0v) is 24.5. The standard InChI is InChI=1S/C28H33N5O5S2/c1-16(2)24-26(36)38-18(9-7-11-21(34)30-19-10-6-5-8-17(19)3)12-22(35)29-13-23-31-20(14-39-23)25-33-28(4,15-40-25)27(37)32-24/h5-10,14,16,18,24H,11-13,15H2,1-4H3,(H,29,35)(H,30,34)(H,32,37)/b9-7+/t18-,24?,28+/m1/s1. The number of thiazole rings is 1. The third-order valence-corrected chi connectivity index (χ3v) is 8.60. The number of nitrogens with zero attached hydrogens (tertiary/aromatic N) is 2. The van der Waals surface area contributed by atoms with Gasteiger partial charge in [-0.05, 0) is 37.5 Å². The molecule has 3 atom stereocenters. The van der Waals surface area contributed by atoms with Crippen molar-refractivity contribution in [2.24, 2.45) is 10.9 Å². The van der Waals surface area contributed by atoms with Crippen LogP contribution in [0, 0.1) is 12.8 Å². The number of esters is 1. The van der Waals surface area contributed by atoms with Gasteiger partial charge < -0.3 is 20.7 Å². The molecule has 0 saturated heterocycles. The van der Waals surface area contributed by atoms with Crippen LogP contribution in [0.2, 0.25) is 0 Å². The molecule has 0 spiro atoms. The van der Waals surface area contributed by atoms with Gasteiger partial charge in [0.1, 0.15) is 33.4 Å². The number of aliphatic imine (C=N–C) groups is 1. The number of rotatable bonds is 5. The zero-order chi connectivity index (χ0) is 28.9. The summed E-state index contributed by atoms with van der Waals surface area (Å²) in [6.45, 7) is 7.44. The van der Waals surface area contributed by atoms with Gasteiger partial charge in [0.2, 0.25) is 17.7 Å². The largest absolute Gasteiger partial charge is 0.456 e. The van der Waals surface area contributed by atoms with Crippen molar-refractivity contribution in [3.8, 4) is 0 Å². The first-order chi connectivity index (χ1) is 19.0. The lowest BCUT2D eigenvalue weighted by Crippen LogP contribution is -2.53. The molecule has 3 amide bonds. The number of nitrogens with one attached hydrogen (secondary N) is 3. The highest BCUT2D eigenvalue weighted by atomic mass is 32.2. The van der Waals surface area contributed by atoms with E-state index in [2.05, 4.69) is 25.9 Å². The SMILES string of the molecule is Cc1ccccc1NC(=O)C/C=C/[C@@H]1CC(=O)NCc2nc(cs2)C2=N[C@@](C)(CS2)C(=O)NC(C(C)C)C(=O)O1. The second-order valence-corrected chi connectivity index (χ2v) is 12.2. The van der Waals surface area contributed by atoms with E-state index in [1.165, 1.54) is 29.2 Å². The summed E-state index contributed by atoms with van der Waals surface area (Å²) >= 11 is 2.82. The number of ether oxygens (including phenoxy) is 1. The molecule has 1 unspecified atom stereocenters. The molecule has 2 aliphatic rings. The summed E-state index contributed by atoms with van der Waals surface area (Å²) in [6, 6.07) is 6.49. The van der Waals surface area contributed by atoms with Gasteiger partial charge in [-0.3, -0.25) is 19.4 Å². The van der Waals surface area contributed by atoms with Crippen molar-refractivity contribution >= 4 is 57.5 Å². The maximum Gasteiger partial charge on any atom is 0.329 e. The number of aromatic nitrogens is 1. The van der Waals surface area contributed by atoms with Gasteiger partial charge in [0.25, 0.3) is 0 Å². The van der Waals surface area contributed by atoms with Crippen molar-refractivity contribution in [1.82, 2.24) is 15.6 Å². The summed E-state index contributed by atoms with van der Waals surface area (Å²) in [7, 11) is 0. The Morgan fingerprint density at radius 2 is 2.05 bits per heavy atom. The number of hydrogen-bond donors (Lipinski definition) is 3. The topological polar surface area (TPSA) is 139 Å². The number of benzene rings is 1. The number of fused-ring (bicyclic) bond motifs is 4. The van der Waals surface area contributed by atoms with Gasteiger partial charge in [-0.25, -0.2) is 9.78 Å². The Labute approximate surface area is 241 Å². The number of para-hydroxylation sites is 1. The average Bonchev–Trinajstić information content (AvgIpc) is 3.54. The maximum atomic E-state index is 13.3. The molecule has 4 bridgehead atoms. The number of thioether (sulfide) groups is 1. The minimum absolute atomic E-state index is 0.0204. The monoisotopic (exact) mass is 583 g/mol. The summed E-state index contributed by atoms with van der Waals surface area (Å²) in [4.78, 5) is 61.0. The fraction of sp³-hybridized carbons (Fsp3) is 0.429. The van der Waals surface area contributed by atoms with E-state index in [-0.39, 0.29) is 43.0 Å². The third kappa shape index (κ3) is 7.36. The molecule has 1 aromatic heterocycles. The Morgan fingerprint density at radius 3 is 2.80 bits per heavy atom. The summed E-state index contributed by atoms with van der Waals surface area (Å²) in [5, 5.41) is 11.7. The Kier molecular flexibility index (Phi) is 9.41. The minimum atomic E-state index is -1.06. The lowest BCUT2D eigenvalue weighted by Gasteiger charge is -2.27. The van der Waals surface area contributed by atoms with Crippen LogP contribution in [0.5, 0.6) is 0 Å². The maximum absolute atomic E-state index is 13.3. The molecule has 0 saturated carbocycles. The fourth-order valence-electron chi connectivity index (χ4n) is 4.07. The summed E-state index contributed by atoms with van der Waals surface area (Å²) in [5.74, 6) is -1.51. The molecule has 0 aliphatic carbocycles. The highest BCUT2D eigenvalue weighted by molar-refractivity contribution is 8.14. The number of anilines is 1. The van der Waals surface area contributed by atoms with Gasteiger partial charge >= 0.3 is 5.97 Å². The van der Waals surface area contributed by atoms with Gasteiger partial charge in [-0.2, -0.15) is 0 Å². The fourth-order valence-corrected chi connectivity index (χ4v) is 6.00. The predicted octanol–water partition coefficient (Wildman–Crippen LogP) is 3.36. The van der Waals surface area contributed by atoms with Gasteiger partial charge in [-0.15, -0.1) is 23.1 Å². The van der Waals surface area contributed by atoms with Crippen molar-refractivity contribution in [1.29, 1.82) is 0 Å². The predicted molar refractivity (Wildman–Crippen MR) is 156 cm³/mol. The summed E-state index contributed by atoms with van der Waals surface area (Å²) in [6.07, 6.45) is 2.02. The van der Waals surface area contributed by atoms with Crippen LogP contribution in [0.4, 0.5) is 5.69 Å². The van der Waals surface area contributed by atoms with Gasteiger partial charge in [0.05, 0.1) is 13.0 Å². The molecule has 1 aromatic carbocycles. The molecular weight excluding hydrogens is 550 g/mol. The van der Waals surface area contributed by atoms with Crippen LogP contribution in [-0.2, 0) is 30.5 Å². The molecular formula is C28H33N5O5S2. The minimum Gasteiger partial charge on any atom is -0.456 e. The van der Waals surface area contributed by atoms with Crippen LogP contribution in [0.1, 0.15) is 49.9 Å². The number of aryl methyl sites for hydroxylation is 1. The molecule has 3 N–H and O–H groups in total. The van der Waals surface area contributed by atoms with Crippen molar-refractivity contribution in [2.75, 3.05) is 11.1 Å². The number of hydrogen-bond acceptors (Lipinski definition) is 9. The average molecular weight is 584 g/mol. The second-order valence-electron chi connectivity index (χ2n) is 10.3. The first kappa shape index (κ1) is 29.5. The van der Waals surface area contributed by atoms with Crippen molar-refractivity contribution in [3.05, 3.63) is 58.1 Å². The number of carbonyl (C=O) groups is 4. The van der Waals surface area contributed by atoms with Gasteiger partial charge in [0, 0.05) is 23.2 Å². The van der Waals surface area contributed by atoms with E-state index < -0.39 is 23.7 Å². The van der Waals surface area contributed by atoms with E-state index >= 15 is 0 Å². The Bertz CT molecular complexity index is 1350. The molecule has 40 heavy (non-hydrogen) atoms. The molecule has 0 radical (unpaired) electrons. The quantitative estimate of drug-likeness (QED) is 0.362. The highest BCUT2D eigenvalue weighted by Crippen LogP contribution is 2.32. The molecule has 12 heteroatoms. The summed E-state index contributed by atoms with van der Waals surface area (Å²) < 4.78 is 5.72. The number of carbonyl (C=O) groups excluding carboxylic acids is 4. The zero-order valence-electron chi connectivity index (χ0n) is 22.9. The lowest BCUT2D eigenvalue weighted by atomic mass is 10.0. The molecule has 0 fully saturated rings. The molecule has 4 rings (SSSR count). The highest BCUT2D eigenvalue weighted by Gasteiger charge is 2.41. The van der Waals surface area contributed by atoms with E-state index in [0.717, 1.165) is 5.56 Å². The second kappa shape index (κ2) is 12.8. The smallest absolute Gasteiger partial charge is 0.329 e. The van der Waals surface area contributed by atoms with Crippen LogP contribution in [0.25, 0.3) is 0 Å². The number of amides is 3. The Balaban J connectivity index is 1.53. The third-order valence-electron chi connectivity index (χ3n) is 6.47. The lowest BCUT2D eigenvalue weighted by molar-refractivity contribution is -0.153. The molecule has 2 aliphatic heterocycles. The van der Waals surface area contributed by atoms with Crippen LogP contribution in [0.15, 0.2) is 46.8 Å². The van der Waals surface area contributed by atoms with Gasteiger partial charge in [-0.1, -0.05) is 38.1 Å². The molecule has 2 aromatic rings. The van der Waals surface area contributed by atoms with Crippen molar-refractivity contribution < 1.29 is 23.9 Å².